The van der Waals surface area contributed by atoms with Crippen molar-refractivity contribution in [3.63, 3.8) is 0 Å². The molecule has 30 heavy (non-hydrogen) atoms. The molecular formula is C26H20N2O2. The van der Waals surface area contributed by atoms with Crippen LogP contribution in [0.1, 0.15) is 11.1 Å². The Morgan fingerprint density at radius 3 is 1.73 bits per heavy atom. The zero-order valence-corrected chi connectivity index (χ0v) is 16.3. The summed E-state index contributed by atoms with van der Waals surface area (Å²) in [5, 5.41) is 10.9. The van der Waals surface area contributed by atoms with Gasteiger partial charge in [0.25, 0.3) is 5.69 Å². The Morgan fingerprint density at radius 1 is 0.633 bits per heavy atom. The molecule has 146 valence electrons. The lowest BCUT2D eigenvalue weighted by atomic mass is 10.1. The lowest BCUT2D eigenvalue weighted by Crippen LogP contribution is -2.10. The molecule has 0 saturated carbocycles. The molecule has 4 heteroatoms. The second kappa shape index (κ2) is 8.88. The van der Waals surface area contributed by atoms with Crippen LogP contribution in [-0.2, 0) is 0 Å². The highest BCUT2D eigenvalue weighted by molar-refractivity contribution is 5.85. The molecule has 4 rings (SSSR count). The van der Waals surface area contributed by atoms with Gasteiger partial charge in [0.2, 0.25) is 0 Å². The Kier molecular flexibility index (Phi) is 5.67. The van der Waals surface area contributed by atoms with Gasteiger partial charge in [-0.15, -0.1) is 0 Å². The summed E-state index contributed by atoms with van der Waals surface area (Å²) < 4.78 is 0. The summed E-state index contributed by atoms with van der Waals surface area (Å²) in [4.78, 5) is 12.7. The monoisotopic (exact) mass is 392 g/mol. The van der Waals surface area contributed by atoms with Crippen molar-refractivity contribution in [2.75, 3.05) is 4.90 Å². The van der Waals surface area contributed by atoms with E-state index in [-0.39, 0.29) is 10.6 Å². The second-order valence-corrected chi connectivity index (χ2v) is 6.75. The van der Waals surface area contributed by atoms with Crippen LogP contribution in [0.15, 0.2) is 109 Å². The zero-order valence-electron chi connectivity index (χ0n) is 16.3. The fraction of sp³-hybridized carbons (Fsp3) is 0. The van der Waals surface area contributed by atoms with Gasteiger partial charge in [-0.1, -0.05) is 66.7 Å². The standard InChI is InChI=1S/C26H20N2O2/c29-28(30)25-19-16-21(17-20-25)15-18-22-9-7-8-14-26(22)27(23-10-3-1-4-11-23)24-12-5-2-6-13-24/h1-20H. The van der Waals surface area contributed by atoms with E-state index in [9.17, 15) is 10.1 Å². The molecule has 0 aliphatic heterocycles. The van der Waals surface area contributed by atoms with Crippen LogP contribution in [0.2, 0.25) is 0 Å². The molecule has 0 saturated heterocycles. The molecule has 0 aliphatic carbocycles. The van der Waals surface area contributed by atoms with Gasteiger partial charge in [0.05, 0.1) is 10.6 Å². The van der Waals surface area contributed by atoms with Gasteiger partial charge < -0.3 is 4.90 Å². The van der Waals surface area contributed by atoms with Crippen LogP contribution >= 0.6 is 0 Å². The van der Waals surface area contributed by atoms with Crippen LogP contribution in [-0.4, -0.2) is 4.92 Å². The molecular weight excluding hydrogens is 372 g/mol. The predicted molar refractivity (Wildman–Crippen MR) is 123 cm³/mol. The van der Waals surface area contributed by atoms with E-state index >= 15 is 0 Å². The lowest BCUT2D eigenvalue weighted by Gasteiger charge is -2.27. The van der Waals surface area contributed by atoms with Gasteiger partial charge in [0.1, 0.15) is 0 Å². The first-order valence-corrected chi connectivity index (χ1v) is 9.64. The van der Waals surface area contributed by atoms with E-state index in [0.717, 1.165) is 28.2 Å². The van der Waals surface area contributed by atoms with E-state index in [2.05, 4.69) is 41.3 Å². The third-order valence-corrected chi connectivity index (χ3v) is 4.77. The first-order valence-electron chi connectivity index (χ1n) is 9.64. The number of benzene rings is 4. The fourth-order valence-corrected chi connectivity index (χ4v) is 3.31. The smallest absolute Gasteiger partial charge is 0.269 e. The first-order chi connectivity index (χ1) is 14.7. The molecule has 0 N–H and O–H groups in total. The number of hydrogen-bond acceptors (Lipinski definition) is 3. The molecule has 4 aromatic carbocycles. The van der Waals surface area contributed by atoms with Gasteiger partial charge >= 0.3 is 0 Å². The third kappa shape index (κ3) is 4.28. The SMILES string of the molecule is O=[N+]([O-])c1ccc(C=Cc2ccccc2N(c2ccccc2)c2ccccc2)cc1. The Labute approximate surface area is 175 Å². The minimum absolute atomic E-state index is 0.0897. The maximum absolute atomic E-state index is 10.9. The quantitative estimate of drug-likeness (QED) is 0.197. The van der Waals surface area contributed by atoms with Gasteiger partial charge in [-0.05, 0) is 53.6 Å². The minimum atomic E-state index is -0.389. The molecule has 0 amide bonds. The summed E-state index contributed by atoms with van der Waals surface area (Å²) in [6.07, 6.45) is 4.01. The van der Waals surface area contributed by atoms with Crippen molar-refractivity contribution in [1.29, 1.82) is 0 Å². The van der Waals surface area contributed by atoms with Gasteiger partial charge in [-0.2, -0.15) is 0 Å². The number of anilines is 3. The van der Waals surface area contributed by atoms with Crippen molar-refractivity contribution < 1.29 is 4.92 Å². The number of nitro benzene ring substituents is 1. The molecule has 0 unspecified atom stereocenters. The highest BCUT2D eigenvalue weighted by atomic mass is 16.6. The molecule has 0 atom stereocenters. The van der Waals surface area contributed by atoms with Gasteiger partial charge in [0.15, 0.2) is 0 Å². The number of nitro groups is 1. The highest BCUT2D eigenvalue weighted by Gasteiger charge is 2.14. The summed E-state index contributed by atoms with van der Waals surface area (Å²) in [6, 6.07) is 35.2. The van der Waals surface area contributed by atoms with E-state index in [1.54, 1.807) is 12.1 Å². The van der Waals surface area contributed by atoms with Crippen molar-refractivity contribution in [2.24, 2.45) is 0 Å². The van der Waals surface area contributed by atoms with E-state index in [4.69, 9.17) is 0 Å². The normalized spacial score (nSPS) is 10.8. The molecule has 4 aromatic rings. The van der Waals surface area contributed by atoms with Crippen LogP contribution in [0.25, 0.3) is 12.2 Å². The van der Waals surface area contributed by atoms with Crippen molar-refractivity contribution in [1.82, 2.24) is 0 Å². The summed E-state index contributed by atoms with van der Waals surface area (Å²) in [7, 11) is 0. The van der Waals surface area contributed by atoms with E-state index in [1.807, 2.05) is 60.7 Å². The Bertz CT molecular complexity index is 1120. The largest absolute Gasteiger partial charge is 0.310 e. The molecule has 0 aliphatic rings. The van der Waals surface area contributed by atoms with Gasteiger partial charge in [-0.3, -0.25) is 10.1 Å². The van der Waals surface area contributed by atoms with Crippen molar-refractivity contribution in [2.45, 2.75) is 0 Å². The van der Waals surface area contributed by atoms with Gasteiger partial charge in [-0.25, -0.2) is 0 Å². The fourth-order valence-electron chi connectivity index (χ4n) is 3.31. The Balaban J connectivity index is 1.74. The zero-order chi connectivity index (χ0) is 20.8. The summed E-state index contributed by atoms with van der Waals surface area (Å²) in [5.74, 6) is 0. The number of nitrogens with zero attached hydrogens (tertiary/aromatic N) is 2. The van der Waals surface area contributed by atoms with E-state index < -0.39 is 0 Å². The number of hydrogen-bond donors (Lipinski definition) is 0. The van der Waals surface area contributed by atoms with Crippen LogP contribution in [0.4, 0.5) is 22.7 Å². The molecule has 0 radical (unpaired) electrons. The Morgan fingerprint density at radius 2 is 1.17 bits per heavy atom. The number of para-hydroxylation sites is 3. The van der Waals surface area contributed by atoms with Gasteiger partial charge in [0, 0.05) is 23.5 Å². The van der Waals surface area contributed by atoms with E-state index in [0.29, 0.717) is 0 Å². The minimum Gasteiger partial charge on any atom is -0.310 e. The number of rotatable bonds is 6. The Hall–Kier alpha value is -4.18. The number of non-ortho nitro benzene ring substituents is 1. The average molecular weight is 392 g/mol. The third-order valence-electron chi connectivity index (χ3n) is 4.77. The van der Waals surface area contributed by atoms with Crippen LogP contribution in [0.3, 0.4) is 0 Å². The highest BCUT2D eigenvalue weighted by Crippen LogP contribution is 2.36. The topological polar surface area (TPSA) is 46.4 Å². The first kappa shape index (κ1) is 19.2. The summed E-state index contributed by atoms with van der Waals surface area (Å²) >= 11 is 0. The molecule has 0 aromatic heterocycles. The van der Waals surface area contributed by atoms with Crippen LogP contribution < -0.4 is 4.90 Å². The maximum atomic E-state index is 10.9. The predicted octanol–water partition coefficient (Wildman–Crippen LogP) is 7.24. The molecule has 0 bridgehead atoms. The van der Waals surface area contributed by atoms with Crippen molar-refractivity contribution in [3.8, 4) is 0 Å². The molecule has 0 fully saturated rings. The summed E-state index contributed by atoms with van der Waals surface area (Å²) in [5.41, 5.74) is 5.23. The summed E-state index contributed by atoms with van der Waals surface area (Å²) in [6.45, 7) is 0. The van der Waals surface area contributed by atoms with Crippen LogP contribution in [0, 0.1) is 10.1 Å². The molecule has 0 spiro atoms. The van der Waals surface area contributed by atoms with Crippen LogP contribution in [0.5, 0.6) is 0 Å². The van der Waals surface area contributed by atoms with Crippen molar-refractivity contribution >= 4 is 34.9 Å². The average Bonchev–Trinajstić information content (AvgIpc) is 2.80. The maximum Gasteiger partial charge on any atom is 0.269 e. The second-order valence-electron chi connectivity index (χ2n) is 6.75. The lowest BCUT2D eigenvalue weighted by molar-refractivity contribution is -0.384. The molecule has 4 nitrogen and oxygen atoms in total. The molecule has 0 heterocycles. The van der Waals surface area contributed by atoms with E-state index in [1.165, 1.54) is 12.1 Å². The van der Waals surface area contributed by atoms with Crippen molar-refractivity contribution in [3.05, 3.63) is 130 Å².